The van der Waals surface area contributed by atoms with Crippen molar-refractivity contribution in [1.82, 2.24) is 20.2 Å². The minimum Gasteiger partial charge on any atom is -0.383 e. The molecule has 0 aromatic carbocycles. The molecule has 0 spiro atoms. The zero-order valence-electron chi connectivity index (χ0n) is 13.5. The van der Waals surface area contributed by atoms with Crippen LogP contribution in [0.3, 0.4) is 0 Å². The topological polar surface area (TPSA) is 68.2 Å². The van der Waals surface area contributed by atoms with Gasteiger partial charge in [-0.05, 0) is 0 Å². The molecule has 0 bridgehead atoms. The molecule has 0 saturated heterocycles. The molecule has 118 valence electrons. The molecular weight excluding hydrogens is 268 g/mol. The van der Waals surface area contributed by atoms with Gasteiger partial charge in [0.1, 0.15) is 12.4 Å². The summed E-state index contributed by atoms with van der Waals surface area (Å²) in [5, 5.41) is 6.21. The van der Waals surface area contributed by atoms with Crippen molar-refractivity contribution in [3.05, 3.63) is 17.2 Å². The summed E-state index contributed by atoms with van der Waals surface area (Å²) in [6.07, 6.45) is 0.920. The standard InChI is InChI=1S/C15H26N4O2/c1-15(2,3)14-18-11-9-16-6-5-12(11)19(14)10-13(20)17-7-8-21-4/h16H,5-10H2,1-4H3,(H,17,20). The minimum atomic E-state index is -0.0792. The van der Waals surface area contributed by atoms with E-state index in [1.165, 1.54) is 5.69 Å². The number of carbonyl (C=O) groups is 1. The lowest BCUT2D eigenvalue weighted by molar-refractivity contribution is -0.121. The number of ether oxygens (including phenoxy) is 1. The van der Waals surface area contributed by atoms with E-state index >= 15 is 0 Å². The van der Waals surface area contributed by atoms with Crippen molar-refractivity contribution in [1.29, 1.82) is 0 Å². The second-order valence-electron chi connectivity index (χ2n) is 6.43. The number of hydrogen-bond donors (Lipinski definition) is 2. The van der Waals surface area contributed by atoms with Crippen LogP contribution in [0.4, 0.5) is 0 Å². The van der Waals surface area contributed by atoms with E-state index in [0.717, 1.165) is 31.0 Å². The Kier molecular flexibility index (Phi) is 5.00. The highest BCUT2D eigenvalue weighted by molar-refractivity contribution is 5.76. The number of rotatable bonds is 5. The Balaban J connectivity index is 2.20. The highest BCUT2D eigenvalue weighted by atomic mass is 16.5. The number of nitrogens with zero attached hydrogens (tertiary/aromatic N) is 2. The van der Waals surface area contributed by atoms with Gasteiger partial charge in [-0.25, -0.2) is 4.98 Å². The van der Waals surface area contributed by atoms with Gasteiger partial charge in [0.05, 0.1) is 12.3 Å². The molecular formula is C15H26N4O2. The summed E-state index contributed by atoms with van der Waals surface area (Å²) in [6, 6.07) is 0. The Labute approximate surface area is 126 Å². The lowest BCUT2D eigenvalue weighted by Gasteiger charge is -2.21. The van der Waals surface area contributed by atoms with Crippen LogP contribution in [0.15, 0.2) is 0 Å². The van der Waals surface area contributed by atoms with Crippen molar-refractivity contribution in [3.8, 4) is 0 Å². The molecule has 0 unspecified atom stereocenters. The van der Waals surface area contributed by atoms with Crippen LogP contribution in [-0.4, -0.2) is 42.3 Å². The molecule has 1 aliphatic rings. The molecule has 0 aliphatic carbocycles. The van der Waals surface area contributed by atoms with E-state index in [0.29, 0.717) is 19.7 Å². The van der Waals surface area contributed by atoms with Crippen LogP contribution >= 0.6 is 0 Å². The first-order valence-corrected chi connectivity index (χ1v) is 7.48. The monoisotopic (exact) mass is 294 g/mol. The summed E-state index contributed by atoms with van der Waals surface area (Å²) in [6.45, 7) is 9.53. The highest BCUT2D eigenvalue weighted by Gasteiger charge is 2.27. The Morgan fingerprint density at radius 1 is 1.48 bits per heavy atom. The third-order valence-corrected chi connectivity index (χ3v) is 3.59. The lowest BCUT2D eigenvalue weighted by atomic mass is 9.95. The van der Waals surface area contributed by atoms with Gasteiger partial charge in [-0.3, -0.25) is 4.79 Å². The molecule has 21 heavy (non-hydrogen) atoms. The summed E-state index contributed by atoms with van der Waals surface area (Å²) < 4.78 is 7.05. The first-order valence-electron chi connectivity index (χ1n) is 7.48. The summed E-state index contributed by atoms with van der Waals surface area (Å²) in [4.78, 5) is 16.9. The number of imidazole rings is 1. The zero-order valence-corrected chi connectivity index (χ0v) is 13.5. The van der Waals surface area contributed by atoms with E-state index in [4.69, 9.17) is 9.72 Å². The molecule has 0 saturated carbocycles. The Hall–Kier alpha value is -1.40. The first-order chi connectivity index (χ1) is 9.93. The van der Waals surface area contributed by atoms with Gasteiger partial charge in [0.2, 0.25) is 5.91 Å². The van der Waals surface area contributed by atoms with Crippen molar-refractivity contribution in [2.75, 3.05) is 26.8 Å². The van der Waals surface area contributed by atoms with Crippen LogP contribution in [0.5, 0.6) is 0 Å². The number of carbonyl (C=O) groups excluding carboxylic acids is 1. The van der Waals surface area contributed by atoms with Gasteiger partial charge in [0.25, 0.3) is 0 Å². The molecule has 0 radical (unpaired) electrons. The average Bonchev–Trinajstić information content (AvgIpc) is 2.78. The summed E-state index contributed by atoms with van der Waals surface area (Å²) >= 11 is 0. The second-order valence-corrected chi connectivity index (χ2v) is 6.43. The van der Waals surface area contributed by atoms with Gasteiger partial charge in [-0.15, -0.1) is 0 Å². The maximum atomic E-state index is 12.1. The van der Waals surface area contributed by atoms with E-state index in [1.54, 1.807) is 7.11 Å². The third-order valence-electron chi connectivity index (χ3n) is 3.59. The van der Waals surface area contributed by atoms with E-state index < -0.39 is 0 Å². The van der Waals surface area contributed by atoms with Crippen LogP contribution in [0.2, 0.25) is 0 Å². The fourth-order valence-electron chi connectivity index (χ4n) is 2.61. The van der Waals surface area contributed by atoms with E-state index in [1.807, 2.05) is 0 Å². The van der Waals surface area contributed by atoms with Gasteiger partial charge in [0.15, 0.2) is 0 Å². The van der Waals surface area contributed by atoms with Gasteiger partial charge in [0, 0.05) is 44.3 Å². The van der Waals surface area contributed by atoms with Gasteiger partial charge in [-0.1, -0.05) is 20.8 Å². The number of methoxy groups -OCH3 is 1. The number of aromatic nitrogens is 2. The summed E-state index contributed by atoms with van der Waals surface area (Å²) in [5.74, 6) is 0.995. The van der Waals surface area contributed by atoms with Crippen molar-refractivity contribution in [2.45, 2.75) is 45.7 Å². The number of amides is 1. The predicted molar refractivity (Wildman–Crippen MR) is 81.2 cm³/mol. The number of hydrogen-bond acceptors (Lipinski definition) is 4. The van der Waals surface area contributed by atoms with Crippen molar-refractivity contribution >= 4 is 5.91 Å². The smallest absolute Gasteiger partial charge is 0.240 e. The quantitative estimate of drug-likeness (QED) is 0.780. The normalized spacial score (nSPS) is 14.9. The molecule has 1 aliphatic heterocycles. The third kappa shape index (κ3) is 3.83. The second kappa shape index (κ2) is 6.58. The van der Waals surface area contributed by atoms with Crippen LogP contribution in [0.25, 0.3) is 0 Å². The molecule has 2 rings (SSSR count). The van der Waals surface area contributed by atoms with Gasteiger partial charge in [-0.2, -0.15) is 0 Å². The van der Waals surface area contributed by atoms with Crippen LogP contribution in [0, 0.1) is 0 Å². The van der Waals surface area contributed by atoms with Crippen molar-refractivity contribution < 1.29 is 9.53 Å². The molecule has 6 heteroatoms. The molecule has 2 heterocycles. The molecule has 1 aromatic rings. The van der Waals surface area contributed by atoms with Crippen LogP contribution in [0.1, 0.15) is 38.0 Å². The predicted octanol–water partition coefficient (Wildman–Crippen LogP) is 0.589. The Morgan fingerprint density at radius 2 is 2.24 bits per heavy atom. The molecule has 0 atom stereocenters. The summed E-state index contributed by atoms with van der Waals surface area (Å²) in [5.41, 5.74) is 2.20. The minimum absolute atomic E-state index is 0.0104. The number of fused-ring (bicyclic) bond motifs is 1. The molecule has 0 fully saturated rings. The maximum absolute atomic E-state index is 12.1. The van der Waals surface area contributed by atoms with Crippen LogP contribution < -0.4 is 10.6 Å². The first kappa shape index (κ1) is 16.0. The van der Waals surface area contributed by atoms with Gasteiger partial charge < -0.3 is 19.9 Å². The highest BCUT2D eigenvalue weighted by Crippen LogP contribution is 2.26. The largest absolute Gasteiger partial charge is 0.383 e. The molecule has 6 nitrogen and oxygen atoms in total. The number of nitrogens with one attached hydrogen (secondary N) is 2. The Morgan fingerprint density at radius 3 is 2.90 bits per heavy atom. The summed E-state index contributed by atoms with van der Waals surface area (Å²) in [7, 11) is 1.63. The van der Waals surface area contributed by atoms with E-state index in [9.17, 15) is 4.79 Å². The van der Waals surface area contributed by atoms with Crippen molar-refractivity contribution in [2.24, 2.45) is 0 Å². The lowest BCUT2D eigenvalue weighted by Crippen LogP contribution is -2.33. The fourth-order valence-corrected chi connectivity index (χ4v) is 2.61. The zero-order chi connectivity index (χ0) is 15.5. The van der Waals surface area contributed by atoms with Gasteiger partial charge >= 0.3 is 0 Å². The Bertz CT molecular complexity index is 503. The average molecular weight is 294 g/mol. The van der Waals surface area contributed by atoms with E-state index in [-0.39, 0.29) is 11.3 Å². The maximum Gasteiger partial charge on any atom is 0.240 e. The molecule has 1 amide bonds. The van der Waals surface area contributed by atoms with Crippen LogP contribution in [-0.2, 0) is 34.5 Å². The fraction of sp³-hybridized carbons (Fsp3) is 0.733. The van der Waals surface area contributed by atoms with E-state index in [2.05, 4.69) is 36.0 Å². The van der Waals surface area contributed by atoms with Crippen molar-refractivity contribution in [3.63, 3.8) is 0 Å². The molecule has 2 N–H and O–H groups in total. The SMILES string of the molecule is COCCNC(=O)Cn1c(C(C)(C)C)nc2c1CCNC2. The molecule has 1 aromatic heterocycles.